The van der Waals surface area contributed by atoms with Crippen LogP contribution in [0.15, 0.2) is 42.5 Å². The fourth-order valence-corrected chi connectivity index (χ4v) is 4.33. The third-order valence-corrected chi connectivity index (χ3v) is 6.26. The van der Waals surface area contributed by atoms with Crippen molar-refractivity contribution in [3.8, 4) is 0 Å². The smallest absolute Gasteiger partial charge is 0.252 e. The number of rotatable bonds is 6. The summed E-state index contributed by atoms with van der Waals surface area (Å²) in [6, 6.07) is 13.2. The number of halogens is 1. The van der Waals surface area contributed by atoms with Gasteiger partial charge in [-0.3, -0.25) is 9.59 Å². The number of carbonyl (C=O) groups excluding carboxylic acids is 2. The molecule has 2 aromatic carbocycles. The van der Waals surface area contributed by atoms with Crippen molar-refractivity contribution >= 4 is 29.1 Å². The average molecular weight is 472 g/mol. The second kappa shape index (κ2) is 13.3. The Morgan fingerprint density at radius 2 is 1.88 bits per heavy atom. The molecule has 0 aromatic heterocycles. The number of hydrogen-bond donors (Lipinski definition) is 2. The lowest BCUT2D eigenvalue weighted by atomic mass is 10.0. The minimum absolute atomic E-state index is 0.0388. The summed E-state index contributed by atoms with van der Waals surface area (Å²) in [7, 11) is 1.53. The molecule has 7 heteroatoms. The number of nitrogens with zero attached hydrogens (tertiary/aromatic N) is 1. The number of fused-ring (bicyclic) bond motifs is 1. The standard InChI is InChI=1S/C26H34ClN3O3/c1-33-19-25(31)30-16-8-4-2-3-7-14-28-18-22-17-21(11-12-24(22)30)26(32)29-15-13-20-9-5-6-10-23(20)27/h5-6,9-12,17,28H,2-4,7-8,13-16,18-19H2,1H3,(H,29,32). The van der Waals surface area contributed by atoms with Crippen LogP contribution in [0, 0.1) is 0 Å². The van der Waals surface area contributed by atoms with Gasteiger partial charge in [0.05, 0.1) is 0 Å². The van der Waals surface area contributed by atoms with Crippen molar-refractivity contribution in [2.45, 2.75) is 45.1 Å². The summed E-state index contributed by atoms with van der Waals surface area (Å²) in [6.07, 6.45) is 6.19. The molecule has 2 N–H and O–H groups in total. The van der Waals surface area contributed by atoms with Crippen molar-refractivity contribution in [1.29, 1.82) is 0 Å². The number of amides is 2. The summed E-state index contributed by atoms with van der Waals surface area (Å²) in [4.78, 5) is 27.4. The van der Waals surface area contributed by atoms with E-state index in [2.05, 4.69) is 10.6 Å². The largest absolute Gasteiger partial charge is 0.375 e. The highest BCUT2D eigenvalue weighted by Crippen LogP contribution is 2.24. The average Bonchev–Trinajstić information content (AvgIpc) is 2.80. The van der Waals surface area contributed by atoms with Crippen LogP contribution in [0.4, 0.5) is 5.69 Å². The topological polar surface area (TPSA) is 70.7 Å². The molecule has 3 rings (SSSR count). The van der Waals surface area contributed by atoms with E-state index >= 15 is 0 Å². The van der Waals surface area contributed by atoms with E-state index in [0.717, 1.165) is 42.6 Å². The molecule has 0 radical (unpaired) electrons. The Labute approximate surface area is 201 Å². The van der Waals surface area contributed by atoms with Gasteiger partial charge >= 0.3 is 0 Å². The highest BCUT2D eigenvalue weighted by Gasteiger charge is 2.20. The minimum Gasteiger partial charge on any atom is -0.375 e. The number of hydrogen-bond acceptors (Lipinski definition) is 4. The van der Waals surface area contributed by atoms with Gasteiger partial charge < -0.3 is 20.3 Å². The summed E-state index contributed by atoms with van der Waals surface area (Å²) in [5.74, 6) is -0.196. The van der Waals surface area contributed by atoms with Gasteiger partial charge in [0.15, 0.2) is 0 Å². The van der Waals surface area contributed by atoms with E-state index in [4.69, 9.17) is 16.3 Å². The maximum absolute atomic E-state index is 12.8. The predicted molar refractivity (Wildman–Crippen MR) is 133 cm³/mol. The zero-order chi connectivity index (χ0) is 23.5. The van der Waals surface area contributed by atoms with Gasteiger partial charge in [0.1, 0.15) is 6.61 Å². The normalized spacial score (nSPS) is 15.2. The molecule has 178 valence electrons. The lowest BCUT2D eigenvalue weighted by Gasteiger charge is -2.26. The fourth-order valence-electron chi connectivity index (χ4n) is 4.10. The molecule has 6 nitrogen and oxygen atoms in total. The third kappa shape index (κ3) is 7.56. The molecule has 0 fully saturated rings. The van der Waals surface area contributed by atoms with Gasteiger partial charge in [-0.15, -0.1) is 0 Å². The number of carbonyl (C=O) groups is 2. The van der Waals surface area contributed by atoms with Gasteiger partial charge in [-0.05, 0) is 61.2 Å². The third-order valence-electron chi connectivity index (χ3n) is 5.89. The van der Waals surface area contributed by atoms with Crippen molar-refractivity contribution < 1.29 is 14.3 Å². The molecule has 0 saturated carbocycles. The van der Waals surface area contributed by atoms with E-state index in [1.165, 1.54) is 20.0 Å². The van der Waals surface area contributed by atoms with E-state index in [-0.39, 0.29) is 18.4 Å². The first-order chi connectivity index (χ1) is 16.1. The Balaban J connectivity index is 1.75. The zero-order valence-electron chi connectivity index (χ0n) is 19.4. The summed E-state index contributed by atoms with van der Waals surface area (Å²) in [5, 5.41) is 7.17. The summed E-state index contributed by atoms with van der Waals surface area (Å²) in [5.41, 5.74) is 3.38. The molecule has 0 spiro atoms. The molecule has 1 heterocycles. The van der Waals surface area contributed by atoms with Gasteiger partial charge in [-0.25, -0.2) is 0 Å². The molecule has 1 aliphatic rings. The van der Waals surface area contributed by atoms with Crippen LogP contribution in [0.25, 0.3) is 0 Å². The molecule has 0 aliphatic carbocycles. The molecular formula is C26H34ClN3O3. The SMILES string of the molecule is COCC(=O)N1CCCCCCCNCc2cc(C(=O)NCCc3ccccc3Cl)ccc21. The Kier molecular flexibility index (Phi) is 10.2. The van der Waals surface area contributed by atoms with Gasteiger partial charge in [0.25, 0.3) is 11.8 Å². The quantitative estimate of drug-likeness (QED) is 0.657. The second-order valence-electron chi connectivity index (χ2n) is 8.36. The van der Waals surface area contributed by atoms with E-state index in [1.54, 1.807) is 11.0 Å². The summed E-state index contributed by atoms with van der Waals surface area (Å²) in [6.45, 7) is 2.71. The maximum atomic E-state index is 12.8. The second-order valence-corrected chi connectivity index (χ2v) is 8.77. The number of anilines is 1. The first kappa shape index (κ1) is 25.2. The van der Waals surface area contributed by atoms with Crippen LogP contribution in [-0.2, 0) is 22.5 Å². The minimum atomic E-state index is -0.134. The lowest BCUT2D eigenvalue weighted by molar-refractivity contribution is -0.122. The van der Waals surface area contributed by atoms with Crippen LogP contribution in [0.1, 0.15) is 53.6 Å². The lowest BCUT2D eigenvalue weighted by Crippen LogP contribution is -2.36. The first-order valence-corrected chi connectivity index (χ1v) is 12.1. The maximum Gasteiger partial charge on any atom is 0.252 e. The zero-order valence-corrected chi connectivity index (χ0v) is 20.1. The fraction of sp³-hybridized carbons (Fsp3) is 0.462. The van der Waals surface area contributed by atoms with Crippen LogP contribution >= 0.6 is 11.6 Å². The molecule has 0 bridgehead atoms. The molecule has 2 aromatic rings. The van der Waals surface area contributed by atoms with Crippen molar-refractivity contribution in [2.24, 2.45) is 0 Å². The molecule has 0 unspecified atom stereocenters. The molecule has 33 heavy (non-hydrogen) atoms. The Hall–Kier alpha value is -2.41. The van der Waals surface area contributed by atoms with Gasteiger partial charge in [0, 0.05) is 43.0 Å². The van der Waals surface area contributed by atoms with Crippen molar-refractivity contribution in [2.75, 3.05) is 38.3 Å². The summed E-state index contributed by atoms with van der Waals surface area (Å²) >= 11 is 6.21. The van der Waals surface area contributed by atoms with E-state index in [0.29, 0.717) is 36.6 Å². The predicted octanol–water partition coefficient (Wildman–Crippen LogP) is 4.35. The number of benzene rings is 2. The Morgan fingerprint density at radius 1 is 1.09 bits per heavy atom. The molecule has 1 aliphatic heterocycles. The Morgan fingerprint density at radius 3 is 2.70 bits per heavy atom. The van der Waals surface area contributed by atoms with Crippen molar-refractivity contribution in [3.63, 3.8) is 0 Å². The van der Waals surface area contributed by atoms with Gasteiger partial charge in [-0.1, -0.05) is 49.1 Å². The van der Waals surface area contributed by atoms with E-state index in [9.17, 15) is 9.59 Å². The van der Waals surface area contributed by atoms with Crippen LogP contribution in [0.5, 0.6) is 0 Å². The van der Waals surface area contributed by atoms with Gasteiger partial charge in [0.2, 0.25) is 0 Å². The molecular weight excluding hydrogens is 438 g/mol. The molecule has 0 saturated heterocycles. The van der Waals surface area contributed by atoms with E-state index < -0.39 is 0 Å². The number of ether oxygens (including phenoxy) is 1. The monoisotopic (exact) mass is 471 g/mol. The van der Waals surface area contributed by atoms with Crippen molar-refractivity contribution in [1.82, 2.24) is 10.6 Å². The number of nitrogens with one attached hydrogen (secondary N) is 2. The molecule has 0 atom stereocenters. The van der Waals surface area contributed by atoms with Gasteiger partial charge in [-0.2, -0.15) is 0 Å². The van der Waals surface area contributed by atoms with Crippen LogP contribution in [0.2, 0.25) is 5.02 Å². The number of methoxy groups -OCH3 is 1. The first-order valence-electron chi connectivity index (χ1n) is 11.7. The van der Waals surface area contributed by atoms with E-state index in [1.807, 2.05) is 36.4 Å². The van der Waals surface area contributed by atoms with Crippen molar-refractivity contribution in [3.05, 3.63) is 64.2 Å². The summed E-state index contributed by atoms with van der Waals surface area (Å²) < 4.78 is 5.12. The van der Waals surface area contributed by atoms with Crippen LogP contribution in [0.3, 0.4) is 0 Å². The van der Waals surface area contributed by atoms with Crippen LogP contribution in [-0.4, -0.2) is 45.2 Å². The van der Waals surface area contributed by atoms with Crippen LogP contribution < -0.4 is 15.5 Å². The Bertz CT molecular complexity index is 935. The highest BCUT2D eigenvalue weighted by atomic mass is 35.5. The highest BCUT2D eigenvalue weighted by molar-refractivity contribution is 6.31. The molecule has 2 amide bonds.